The highest BCUT2D eigenvalue weighted by atomic mass is 16.2. The van der Waals surface area contributed by atoms with Crippen molar-refractivity contribution in [1.29, 1.82) is 0 Å². The molecule has 26 heavy (non-hydrogen) atoms. The van der Waals surface area contributed by atoms with Gasteiger partial charge in [0.05, 0.1) is 5.69 Å². The molecule has 0 aliphatic carbocycles. The zero-order valence-electron chi connectivity index (χ0n) is 16.3. The van der Waals surface area contributed by atoms with Gasteiger partial charge < -0.3 is 10.2 Å². The standard InChI is InChI=1S/C22H28N2O2/c1-6-18-9-8-10-19(7-2)22(18)24(17(5)25)14-21(26)23-20-12-11-15(3)16(4)13-20/h8-13H,6-7,14H2,1-5H3,(H,23,26). The van der Waals surface area contributed by atoms with Crippen LogP contribution in [0.15, 0.2) is 36.4 Å². The number of aryl methyl sites for hydroxylation is 4. The molecule has 0 unspecified atom stereocenters. The van der Waals surface area contributed by atoms with Crippen molar-refractivity contribution in [3.63, 3.8) is 0 Å². The Kier molecular flexibility index (Phi) is 6.56. The molecule has 2 amide bonds. The lowest BCUT2D eigenvalue weighted by Gasteiger charge is -2.26. The fourth-order valence-electron chi connectivity index (χ4n) is 3.07. The predicted octanol–water partition coefficient (Wildman–Crippen LogP) is 4.42. The van der Waals surface area contributed by atoms with Crippen molar-refractivity contribution in [1.82, 2.24) is 0 Å². The van der Waals surface area contributed by atoms with Gasteiger partial charge in [0.2, 0.25) is 11.8 Å². The molecule has 2 aromatic carbocycles. The van der Waals surface area contributed by atoms with Gasteiger partial charge in [0.15, 0.2) is 0 Å². The van der Waals surface area contributed by atoms with Crippen LogP contribution in [0, 0.1) is 13.8 Å². The van der Waals surface area contributed by atoms with Gasteiger partial charge in [0.1, 0.15) is 6.54 Å². The van der Waals surface area contributed by atoms with E-state index in [1.54, 1.807) is 4.90 Å². The summed E-state index contributed by atoms with van der Waals surface area (Å²) in [6.45, 7) is 9.68. The molecule has 2 rings (SSSR count). The second-order valence-corrected chi connectivity index (χ2v) is 6.58. The third-order valence-corrected chi connectivity index (χ3v) is 4.71. The Balaban J connectivity index is 2.27. The van der Waals surface area contributed by atoms with Gasteiger partial charge in [-0.05, 0) is 61.1 Å². The monoisotopic (exact) mass is 352 g/mol. The molecule has 138 valence electrons. The molecule has 0 aromatic heterocycles. The highest BCUT2D eigenvalue weighted by Crippen LogP contribution is 2.27. The first-order chi connectivity index (χ1) is 12.4. The Hall–Kier alpha value is -2.62. The molecule has 0 fully saturated rings. The molecule has 0 aliphatic rings. The average molecular weight is 352 g/mol. The number of hydrogen-bond acceptors (Lipinski definition) is 2. The molecule has 1 N–H and O–H groups in total. The smallest absolute Gasteiger partial charge is 0.244 e. The second-order valence-electron chi connectivity index (χ2n) is 6.58. The molecule has 4 nitrogen and oxygen atoms in total. The summed E-state index contributed by atoms with van der Waals surface area (Å²) in [5, 5.41) is 2.91. The largest absolute Gasteiger partial charge is 0.325 e. The average Bonchev–Trinajstić information content (AvgIpc) is 2.62. The topological polar surface area (TPSA) is 49.4 Å². The van der Waals surface area contributed by atoms with E-state index in [1.807, 2.05) is 50.2 Å². The summed E-state index contributed by atoms with van der Waals surface area (Å²) in [4.78, 5) is 26.5. The minimum Gasteiger partial charge on any atom is -0.325 e. The molecule has 0 saturated heterocycles. The highest BCUT2D eigenvalue weighted by Gasteiger charge is 2.21. The number of carbonyl (C=O) groups excluding carboxylic acids is 2. The van der Waals surface area contributed by atoms with E-state index in [0.29, 0.717) is 0 Å². The van der Waals surface area contributed by atoms with Gasteiger partial charge in [-0.3, -0.25) is 9.59 Å². The Morgan fingerprint density at radius 3 is 2.08 bits per heavy atom. The van der Waals surface area contributed by atoms with Crippen molar-refractivity contribution < 1.29 is 9.59 Å². The molecule has 0 aliphatic heterocycles. The number of hydrogen-bond donors (Lipinski definition) is 1. The van der Waals surface area contributed by atoms with Crippen LogP contribution in [0.1, 0.15) is 43.0 Å². The zero-order valence-corrected chi connectivity index (χ0v) is 16.3. The van der Waals surface area contributed by atoms with Crippen molar-refractivity contribution >= 4 is 23.2 Å². The molecule has 0 saturated carbocycles. The summed E-state index contributed by atoms with van der Waals surface area (Å²) in [7, 11) is 0. The molecular weight excluding hydrogens is 324 g/mol. The lowest BCUT2D eigenvalue weighted by Crippen LogP contribution is -2.38. The normalized spacial score (nSPS) is 10.5. The Labute approximate surface area is 156 Å². The number of nitrogens with zero attached hydrogens (tertiary/aromatic N) is 1. The molecule has 0 heterocycles. The first-order valence-electron chi connectivity index (χ1n) is 9.13. The maximum Gasteiger partial charge on any atom is 0.244 e. The van der Waals surface area contributed by atoms with Crippen LogP contribution in [0.25, 0.3) is 0 Å². The highest BCUT2D eigenvalue weighted by molar-refractivity contribution is 6.02. The van der Waals surface area contributed by atoms with Crippen LogP contribution in [0.4, 0.5) is 11.4 Å². The number of carbonyl (C=O) groups is 2. The Morgan fingerprint density at radius 2 is 1.58 bits per heavy atom. The van der Waals surface area contributed by atoms with Crippen LogP contribution in [0.5, 0.6) is 0 Å². The molecule has 0 spiro atoms. The molecule has 0 radical (unpaired) electrons. The van der Waals surface area contributed by atoms with Gasteiger partial charge in [0.25, 0.3) is 0 Å². The summed E-state index contributed by atoms with van der Waals surface area (Å²) in [5.74, 6) is -0.327. The van der Waals surface area contributed by atoms with Crippen molar-refractivity contribution in [2.24, 2.45) is 0 Å². The summed E-state index contributed by atoms with van der Waals surface area (Å²) < 4.78 is 0. The van der Waals surface area contributed by atoms with E-state index in [2.05, 4.69) is 19.2 Å². The van der Waals surface area contributed by atoms with E-state index in [-0.39, 0.29) is 18.4 Å². The van der Waals surface area contributed by atoms with E-state index in [1.165, 1.54) is 12.5 Å². The Morgan fingerprint density at radius 1 is 0.962 bits per heavy atom. The van der Waals surface area contributed by atoms with E-state index < -0.39 is 0 Å². The van der Waals surface area contributed by atoms with Crippen molar-refractivity contribution in [3.05, 3.63) is 58.7 Å². The lowest BCUT2D eigenvalue weighted by molar-refractivity contribution is -0.120. The van der Waals surface area contributed by atoms with Crippen molar-refractivity contribution in [2.75, 3.05) is 16.8 Å². The van der Waals surface area contributed by atoms with Gasteiger partial charge in [-0.2, -0.15) is 0 Å². The molecule has 0 bridgehead atoms. The van der Waals surface area contributed by atoms with Crippen LogP contribution in [0.3, 0.4) is 0 Å². The van der Waals surface area contributed by atoms with E-state index >= 15 is 0 Å². The number of nitrogens with one attached hydrogen (secondary N) is 1. The van der Waals surface area contributed by atoms with Crippen molar-refractivity contribution in [2.45, 2.75) is 47.5 Å². The molecule has 0 atom stereocenters. The third-order valence-electron chi connectivity index (χ3n) is 4.71. The van der Waals surface area contributed by atoms with Crippen LogP contribution in [0.2, 0.25) is 0 Å². The van der Waals surface area contributed by atoms with Crippen LogP contribution >= 0.6 is 0 Å². The number of rotatable bonds is 6. The number of amides is 2. The van der Waals surface area contributed by atoms with E-state index in [0.717, 1.165) is 40.9 Å². The lowest BCUT2D eigenvalue weighted by atomic mass is 10.0. The summed E-state index contributed by atoms with van der Waals surface area (Å²) >= 11 is 0. The molecule has 4 heteroatoms. The summed E-state index contributed by atoms with van der Waals surface area (Å²) in [5.41, 5.74) is 6.09. The molecule has 2 aromatic rings. The second kappa shape index (κ2) is 8.65. The number of para-hydroxylation sites is 1. The van der Waals surface area contributed by atoms with Gasteiger partial charge in [-0.15, -0.1) is 0 Å². The Bertz CT molecular complexity index is 790. The van der Waals surface area contributed by atoms with Gasteiger partial charge in [-0.1, -0.05) is 38.1 Å². The van der Waals surface area contributed by atoms with Crippen molar-refractivity contribution in [3.8, 4) is 0 Å². The van der Waals surface area contributed by atoms with E-state index in [4.69, 9.17) is 0 Å². The van der Waals surface area contributed by atoms with Gasteiger partial charge in [-0.25, -0.2) is 0 Å². The summed E-state index contributed by atoms with van der Waals surface area (Å²) in [6, 6.07) is 11.9. The van der Waals surface area contributed by atoms with E-state index in [9.17, 15) is 9.59 Å². The number of anilines is 2. The van der Waals surface area contributed by atoms with Crippen LogP contribution in [-0.4, -0.2) is 18.4 Å². The minimum absolute atomic E-state index is 0.00622. The zero-order chi connectivity index (χ0) is 19.3. The fraction of sp³-hybridized carbons (Fsp3) is 0.364. The quantitative estimate of drug-likeness (QED) is 0.836. The fourth-order valence-corrected chi connectivity index (χ4v) is 3.07. The van der Waals surface area contributed by atoms with Gasteiger partial charge >= 0.3 is 0 Å². The third kappa shape index (κ3) is 4.51. The molecular formula is C22H28N2O2. The predicted molar refractivity (Wildman–Crippen MR) is 108 cm³/mol. The maximum atomic E-state index is 12.6. The minimum atomic E-state index is -0.198. The van der Waals surface area contributed by atoms with Gasteiger partial charge in [0, 0.05) is 12.6 Å². The first-order valence-corrected chi connectivity index (χ1v) is 9.13. The first kappa shape index (κ1) is 19.7. The van der Waals surface area contributed by atoms with Crippen LogP contribution < -0.4 is 10.2 Å². The number of benzene rings is 2. The SMILES string of the molecule is CCc1cccc(CC)c1N(CC(=O)Nc1ccc(C)c(C)c1)C(C)=O. The summed E-state index contributed by atoms with van der Waals surface area (Å²) in [6.07, 6.45) is 1.62. The van der Waals surface area contributed by atoms with Crippen LogP contribution in [-0.2, 0) is 22.4 Å². The maximum absolute atomic E-state index is 12.6.